The van der Waals surface area contributed by atoms with Crippen LogP contribution >= 0.6 is 23.3 Å². The standard InChI is InChI=1S/C10H12ClN3S/c11-10-8(9-5-12-15-13-9)4-7-2-1-3-14(10)6-7/h4-5,7,10H,1-3,6H2. The molecule has 80 valence electrons. The Morgan fingerprint density at radius 2 is 2.47 bits per heavy atom. The van der Waals surface area contributed by atoms with E-state index in [4.69, 9.17) is 11.6 Å². The molecule has 3 nitrogen and oxygen atoms in total. The van der Waals surface area contributed by atoms with Crippen LogP contribution in [0, 0.1) is 5.92 Å². The zero-order chi connectivity index (χ0) is 10.3. The number of alkyl halides is 1. The van der Waals surface area contributed by atoms with E-state index in [0.717, 1.165) is 24.4 Å². The highest BCUT2D eigenvalue weighted by molar-refractivity contribution is 6.99. The average molecular weight is 242 g/mol. The van der Waals surface area contributed by atoms with Gasteiger partial charge in [0.05, 0.1) is 17.9 Å². The average Bonchev–Trinajstić information content (AvgIpc) is 2.77. The highest BCUT2D eigenvalue weighted by Crippen LogP contribution is 2.35. The number of aromatic nitrogens is 2. The Hall–Kier alpha value is -0.450. The summed E-state index contributed by atoms with van der Waals surface area (Å²) >= 11 is 7.68. The summed E-state index contributed by atoms with van der Waals surface area (Å²) in [5.41, 5.74) is 2.10. The van der Waals surface area contributed by atoms with E-state index >= 15 is 0 Å². The minimum Gasteiger partial charge on any atom is -0.283 e. The zero-order valence-electron chi connectivity index (χ0n) is 8.27. The van der Waals surface area contributed by atoms with Crippen molar-refractivity contribution < 1.29 is 0 Å². The molecule has 0 amide bonds. The van der Waals surface area contributed by atoms with Crippen molar-refractivity contribution in [2.24, 2.45) is 5.92 Å². The van der Waals surface area contributed by atoms with Crippen LogP contribution < -0.4 is 0 Å². The van der Waals surface area contributed by atoms with Crippen molar-refractivity contribution in [2.45, 2.75) is 18.3 Å². The van der Waals surface area contributed by atoms with Crippen molar-refractivity contribution >= 4 is 28.9 Å². The lowest BCUT2D eigenvalue weighted by molar-refractivity contribution is 0.191. The van der Waals surface area contributed by atoms with E-state index in [-0.39, 0.29) is 5.50 Å². The molecule has 2 aliphatic rings. The summed E-state index contributed by atoms with van der Waals surface area (Å²) in [6.07, 6.45) is 6.65. The highest BCUT2D eigenvalue weighted by atomic mass is 35.5. The van der Waals surface area contributed by atoms with Gasteiger partial charge in [-0.1, -0.05) is 6.08 Å². The van der Waals surface area contributed by atoms with Gasteiger partial charge in [0.25, 0.3) is 0 Å². The van der Waals surface area contributed by atoms with Gasteiger partial charge in [0.2, 0.25) is 0 Å². The van der Waals surface area contributed by atoms with Gasteiger partial charge in [0, 0.05) is 12.1 Å². The maximum Gasteiger partial charge on any atom is 0.113 e. The molecule has 1 saturated heterocycles. The van der Waals surface area contributed by atoms with Crippen molar-refractivity contribution in [1.82, 2.24) is 13.6 Å². The lowest BCUT2D eigenvalue weighted by Gasteiger charge is -2.39. The van der Waals surface area contributed by atoms with Crippen LogP contribution in [0.15, 0.2) is 12.3 Å². The number of rotatable bonds is 1. The first kappa shape index (κ1) is 9.75. The normalized spacial score (nSPS) is 35.0. The molecular formula is C10H12ClN3S. The summed E-state index contributed by atoms with van der Waals surface area (Å²) in [6.45, 7) is 2.22. The summed E-state index contributed by atoms with van der Waals surface area (Å²) in [5, 5.41) is 0. The molecule has 0 aliphatic carbocycles. The minimum atomic E-state index is -0.00884. The van der Waals surface area contributed by atoms with Crippen LogP contribution in [0.4, 0.5) is 0 Å². The van der Waals surface area contributed by atoms with Crippen molar-refractivity contribution in [3.8, 4) is 0 Å². The second-order valence-corrected chi connectivity index (χ2v) is 5.12. The summed E-state index contributed by atoms with van der Waals surface area (Å²) in [6, 6.07) is 0. The third-order valence-corrected chi connectivity index (χ3v) is 4.13. The minimum absolute atomic E-state index is 0.00884. The molecule has 3 heterocycles. The summed E-state index contributed by atoms with van der Waals surface area (Å²) < 4.78 is 8.31. The molecule has 0 aromatic carbocycles. The Labute approximate surface area is 98.1 Å². The Bertz CT molecular complexity index is 376. The monoisotopic (exact) mass is 241 g/mol. The van der Waals surface area contributed by atoms with Crippen molar-refractivity contribution in [3.63, 3.8) is 0 Å². The number of hydrogen-bond acceptors (Lipinski definition) is 4. The van der Waals surface area contributed by atoms with E-state index in [1.807, 2.05) is 6.20 Å². The van der Waals surface area contributed by atoms with Gasteiger partial charge < -0.3 is 0 Å². The Morgan fingerprint density at radius 3 is 3.27 bits per heavy atom. The third-order valence-electron chi connectivity index (χ3n) is 3.14. The van der Waals surface area contributed by atoms with Crippen LogP contribution in [-0.4, -0.2) is 32.2 Å². The van der Waals surface area contributed by atoms with Gasteiger partial charge in [-0.2, -0.15) is 8.75 Å². The number of piperidine rings is 1. The van der Waals surface area contributed by atoms with Crippen molar-refractivity contribution in [2.75, 3.05) is 13.1 Å². The number of fused-ring (bicyclic) bond motifs is 2. The predicted molar refractivity (Wildman–Crippen MR) is 61.8 cm³/mol. The van der Waals surface area contributed by atoms with E-state index in [1.54, 1.807) is 0 Å². The van der Waals surface area contributed by atoms with Crippen molar-refractivity contribution in [3.05, 3.63) is 18.0 Å². The first-order valence-electron chi connectivity index (χ1n) is 5.22. The number of hydrogen-bond donors (Lipinski definition) is 0. The van der Waals surface area contributed by atoms with E-state index < -0.39 is 0 Å². The number of nitrogens with zero attached hydrogens (tertiary/aromatic N) is 3. The smallest absolute Gasteiger partial charge is 0.113 e. The molecule has 3 atom stereocenters. The molecule has 1 aromatic rings. The van der Waals surface area contributed by atoms with Gasteiger partial charge in [-0.3, -0.25) is 4.90 Å². The van der Waals surface area contributed by atoms with Gasteiger partial charge in [-0.15, -0.1) is 11.6 Å². The first-order chi connectivity index (χ1) is 7.34. The van der Waals surface area contributed by atoms with E-state index in [9.17, 15) is 0 Å². The van der Waals surface area contributed by atoms with Crippen LogP contribution in [0.1, 0.15) is 18.5 Å². The summed E-state index contributed by atoms with van der Waals surface area (Å²) in [7, 11) is 0. The third kappa shape index (κ3) is 1.71. The fourth-order valence-corrected chi connectivity index (χ4v) is 3.21. The van der Waals surface area contributed by atoms with E-state index in [0.29, 0.717) is 5.92 Å². The Morgan fingerprint density at radius 1 is 1.53 bits per heavy atom. The maximum absolute atomic E-state index is 6.43. The van der Waals surface area contributed by atoms with Crippen LogP contribution in [-0.2, 0) is 0 Å². The topological polar surface area (TPSA) is 29.0 Å². The Balaban J connectivity index is 1.97. The van der Waals surface area contributed by atoms with Gasteiger partial charge in [-0.25, -0.2) is 0 Å². The summed E-state index contributed by atoms with van der Waals surface area (Å²) in [4.78, 5) is 2.34. The van der Waals surface area contributed by atoms with E-state index in [2.05, 4.69) is 19.7 Å². The largest absolute Gasteiger partial charge is 0.283 e. The van der Waals surface area contributed by atoms with Crippen LogP contribution in [0.5, 0.6) is 0 Å². The zero-order valence-corrected chi connectivity index (χ0v) is 9.84. The number of halogens is 1. The van der Waals surface area contributed by atoms with E-state index in [1.165, 1.54) is 24.6 Å². The fraction of sp³-hybridized carbons (Fsp3) is 0.600. The molecule has 1 aromatic heterocycles. The Kier molecular flexibility index (Phi) is 2.50. The van der Waals surface area contributed by atoms with Crippen LogP contribution in [0.3, 0.4) is 0 Å². The second kappa shape index (κ2) is 3.85. The van der Waals surface area contributed by atoms with Gasteiger partial charge in [0.15, 0.2) is 0 Å². The molecule has 3 rings (SSSR count). The first-order valence-corrected chi connectivity index (χ1v) is 6.39. The SMILES string of the molecule is ClC1C(c2cnsn2)=CC2CCCN1C2. The lowest BCUT2D eigenvalue weighted by atomic mass is 9.90. The highest BCUT2D eigenvalue weighted by Gasteiger charge is 2.32. The molecule has 0 spiro atoms. The van der Waals surface area contributed by atoms with Crippen LogP contribution in [0.25, 0.3) is 5.57 Å². The van der Waals surface area contributed by atoms with Gasteiger partial charge in [0.1, 0.15) is 11.2 Å². The lowest BCUT2D eigenvalue weighted by Crippen LogP contribution is -2.43. The quantitative estimate of drug-likeness (QED) is 0.558. The predicted octanol–water partition coefficient (Wildman–Crippen LogP) is 2.21. The van der Waals surface area contributed by atoms with Gasteiger partial charge in [-0.05, 0) is 25.3 Å². The molecule has 0 N–H and O–H groups in total. The summed E-state index contributed by atoms with van der Waals surface area (Å²) in [5.74, 6) is 0.658. The molecule has 0 saturated carbocycles. The molecule has 2 bridgehead atoms. The fourth-order valence-electron chi connectivity index (χ4n) is 2.41. The maximum atomic E-state index is 6.43. The molecule has 5 heteroatoms. The molecule has 3 unspecified atom stereocenters. The molecule has 1 fully saturated rings. The van der Waals surface area contributed by atoms with Crippen molar-refractivity contribution in [1.29, 1.82) is 0 Å². The van der Waals surface area contributed by atoms with Crippen LogP contribution in [0.2, 0.25) is 0 Å². The van der Waals surface area contributed by atoms with Gasteiger partial charge >= 0.3 is 0 Å². The second-order valence-electron chi connectivity index (χ2n) is 4.15. The molecule has 2 aliphatic heterocycles. The molecule has 0 radical (unpaired) electrons. The molecule has 15 heavy (non-hydrogen) atoms. The molecular weight excluding hydrogens is 230 g/mol.